The van der Waals surface area contributed by atoms with E-state index in [0.29, 0.717) is 0 Å². The molecule has 1 N–H and O–H groups in total. The fraction of sp³-hybridized carbons (Fsp3) is 0.333. The summed E-state index contributed by atoms with van der Waals surface area (Å²) in [5.74, 6) is -0.273. The number of benzene rings is 1. The predicted molar refractivity (Wildman–Crippen MR) is 75.1 cm³/mol. The van der Waals surface area contributed by atoms with Crippen LogP contribution in [0, 0.1) is 5.82 Å². The number of nitrogens with one attached hydrogen (secondary N) is 1. The molecule has 18 heavy (non-hydrogen) atoms. The molecule has 1 atom stereocenters. The van der Waals surface area contributed by atoms with Gasteiger partial charge in [0.05, 0.1) is 6.04 Å². The van der Waals surface area contributed by atoms with E-state index in [0.717, 1.165) is 26.6 Å². The van der Waals surface area contributed by atoms with Crippen LogP contribution in [0.1, 0.15) is 24.9 Å². The molecule has 0 aliphatic rings. The molecule has 6 heteroatoms. The minimum Gasteiger partial charge on any atom is -0.308 e. The van der Waals surface area contributed by atoms with E-state index in [-0.39, 0.29) is 11.9 Å². The maximum Gasteiger partial charge on any atom is 0.149 e. The number of hydrogen-bond donors (Lipinski definition) is 1. The average molecular weight is 330 g/mol. The van der Waals surface area contributed by atoms with Gasteiger partial charge in [-0.3, -0.25) is 0 Å². The van der Waals surface area contributed by atoms with Crippen LogP contribution in [0.5, 0.6) is 0 Å². The molecule has 0 bridgehead atoms. The molecular formula is C12H13BrFN3S. The van der Waals surface area contributed by atoms with E-state index in [9.17, 15) is 4.39 Å². The molecule has 2 aromatic rings. The highest BCUT2D eigenvalue weighted by molar-refractivity contribution is 9.10. The molecule has 2 rings (SSSR count). The highest BCUT2D eigenvalue weighted by Crippen LogP contribution is 2.32. The zero-order valence-electron chi connectivity index (χ0n) is 10.1. The summed E-state index contributed by atoms with van der Waals surface area (Å²) < 4.78 is 14.1. The third-order valence-corrected chi connectivity index (χ3v) is 4.31. The van der Waals surface area contributed by atoms with Crippen molar-refractivity contribution in [2.45, 2.75) is 19.9 Å². The van der Waals surface area contributed by atoms with Gasteiger partial charge >= 0.3 is 0 Å². The van der Waals surface area contributed by atoms with Crippen LogP contribution in [-0.4, -0.2) is 16.7 Å². The molecule has 1 heterocycles. The molecule has 3 nitrogen and oxygen atoms in total. The number of aromatic nitrogens is 2. The second kappa shape index (κ2) is 5.86. The van der Waals surface area contributed by atoms with E-state index in [1.807, 2.05) is 13.8 Å². The first-order chi connectivity index (χ1) is 8.61. The summed E-state index contributed by atoms with van der Waals surface area (Å²) in [4.78, 5) is 0. The lowest BCUT2D eigenvalue weighted by Crippen LogP contribution is -2.17. The lowest BCUT2D eigenvalue weighted by atomic mass is 10.2. The van der Waals surface area contributed by atoms with Crippen LogP contribution in [0.4, 0.5) is 4.39 Å². The predicted octanol–water partition coefficient (Wildman–Crippen LogP) is 3.78. The van der Waals surface area contributed by atoms with Gasteiger partial charge in [-0.1, -0.05) is 34.2 Å². The normalized spacial score (nSPS) is 12.7. The fourth-order valence-corrected chi connectivity index (χ4v) is 3.04. The summed E-state index contributed by atoms with van der Waals surface area (Å²) in [6.45, 7) is 4.95. The molecule has 96 valence electrons. The van der Waals surface area contributed by atoms with Crippen LogP contribution in [0.15, 0.2) is 22.7 Å². The fourth-order valence-electron chi connectivity index (χ4n) is 1.57. The van der Waals surface area contributed by atoms with Gasteiger partial charge in [-0.2, -0.15) is 0 Å². The van der Waals surface area contributed by atoms with Gasteiger partial charge in [0.2, 0.25) is 0 Å². The van der Waals surface area contributed by atoms with Crippen molar-refractivity contribution in [1.29, 1.82) is 0 Å². The Bertz CT molecular complexity index is 544. The third kappa shape index (κ3) is 2.93. The molecule has 0 amide bonds. The SMILES string of the molecule is CCNC(C)c1nnc(-c2cc(F)ccc2Br)s1. The Balaban J connectivity index is 2.32. The smallest absolute Gasteiger partial charge is 0.149 e. The van der Waals surface area contributed by atoms with Crippen molar-refractivity contribution >= 4 is 27.3 Å². The van der Waals surface area contributed by atoms with Crippen LogP contribution in [0.3, 0.4) is 0 Å². The Morgan fingerprint density at radius 3 is 2.94 bits per heavy atom. The Hall–Kier alpha value is -0.850. The third-order valence-electron chi connectivity index (χ3n) is 2.48. The lowest BCUT2D eigenvalue weighted by Gasteiger charge is -2.06. The van der Waals surface area contributed by atoms with Gasteiger partial charge in [-0.15, -0.1) is 10.2 Å². The van der Waals surface area contributed by atoms with Crippen molar-refractivity contribution in [2.24, 2.45) is 0 Å². The Kier molecular flexibility index (Phi) is 4.42. The van der Waals surface area contributed by atoms with Gasteiger partial charge in [0.1, 0.15) is 15.8 Å². The van der Waals surface area contributed by atoms with Crippen molar-refractivity contribution in [3.63, 3.8) is 0 Å². The molecule has 0 aliphatic heterocycles. The summed E-state index contributed by atoms with van der Waals surface area (Å²) >= 11 is 4.88. The van der Waals surface area contributed by atoms with E-state index >= 15 is 0 Å². The number of nitrogens with zero attached hydrogens (tertiary/aromatic N) is 2. The Morgan fingerprint density at radius 2 is 2.22 bits per heavy atom. The minimum atomic E-state index is -0.273. The van der Waals surface area contributed by atoms with Gasteiger partial charge in [0.15, 0.2) is 0 Å². The van der Waals surface area contributed by atoms with Gasteiger partial charge in [-0.05, 0) is 31.7 Å². The topological polar surface area (TPSA) is 37.8 Å². The van der Waals surface area contributed by atoms with Crippen LogP contribution < -0.4 is 5.32 Å². The molecule has 1 unspecified atom stereocenters. The van der Waals surface area contributed by atoms with E-state index < -0.39 is 0 Å². The van der Waals surface area contributed by atoms with E-state index in [1.54, 1.807) is 6.07 Å². The maximum atomic E-state index is 13.2. The second-order valence-corrected chi connectivity index (χ2v) is 5.71. The molecular weight excluding hydrogens is 317 g/mol. The van der Waals surface area contributed by atoms with E-state index in [2.05, 4.69) is 31.4 Å². The molecule has 0 aliphatic carbocycles. The maximum absolute atomic E-state index is 13.2. The van der Waals surface area contributed by atoms with E-state index in [4.69, 9.17) is 0 Å². The second-order valence-electron chi connectivity index (χ2n) is 3.85. The molecule has 0 fully saturated rings. The quantitative estimate of drug-likeness (QED) is 0.927. The lowest BCUT2D eigenvalue weighted by molar-refractivity contribution is 0.590. The highest BCUT2D eigenvalue weighted by atomic mass is 79.9. The summed E-state index contributed by atoms with van der Waals surface area (Å²) in [6.07, 6.45) is 0. The summed E-state index contributed by atoms with van der Waals surface area (Å²) in [7, 11) is 0. The van der Waals surface area contributed by atoms with Gasteiger partial charge < -0.3 is 5.32 Å². The number of rotatable bonds is 4. The number of halogens is 2. The van der Waals surface area contributed by atoms with Crippen LogP contribution in [0.25, 0.3) is 10.6 Å². The molecule has 0 saturated heterocycles. The molecule has 0 spiro atoms. The molecule has 1 aromatic carbocycles. The standard InChI is InChI=1S/C12H13BrFN3S/c1-3-15-7(2)11-16-17-12(18-11)9-6-8(14)4-5-10(9)13/h4-7,15H,3H2,1-2H3. The van der Waals surface area contributed by atoms with Crippen molar-refractivity contribution in [3.05, 3.63) is 33.5 Å². The first-order valence-electron chi connectivity index (χ1n) is 5.64. The first-order valence-corrected chi connectivity index (χ1v) is 7.25. The minimum absolute atomic E-state index is 0.161. The van der Waals surface area contributed by atoms with Gasteiger partial charge in [0.25, 0.3) is 0 Å². The van der Waals surface area contributed by atoms with Crippen LogP contribution in [0.2, 0.25) is 0 Å². The average Bonchev–Trinajstić information content (AvgIpc) is 2.82. The van der Waals surface area contributed by atoms with Crippen molar-refractivity contribution < 1.29 is 4.39 Å². The Morgan fingerprint density at radius 1 is 1.44 bits per heavy atom. The molecule has 0 saturated carbocycles. The van der Waals surface area contributed by atoms with Crippen LogP contribution >= 0.6 is 27.3 Å². The van der Waals surface area contributed by atoms with Crippen molar-refractivity contribution in [2.75, 3.05) is 6.54 Å². The van der Waals surface area contributed by atoms with E-state index in [1.165, 1.54) is 23.5 Å². The summed E-state index contributed by atoms with van der Waals surface area (Å²) in [5.41, 5.74) is 0.738. The summed E-state index contributed by atoms with van der Waals surface area (Å²) in [6, 6.07) is 4.72. The molecule has 0 radical (unpaired) electrons. The molecule has 1 aromatic heterocycles. The summed E-state index contributed by atoms with van der Waals surface area (Å²) in [5, 5.41) is 13.2. The zero-order valence-corrected chi connectivity index (χ0v) is 12.5. The Labute approximate surface area is 118 Å². The van der Waals surface area contributed by atoms with Crippen LogP contribution in [-0.2, 0) is 0 Å². The number of hydrogen-bond acceptors (Lipinski definition) is 4. The van der Waals surface area contributed by atoms with Gasteiger partial charge in [0, 0.05) is 10.0 Å². The highest BCUT2D eigenvalue weighted by Gasteiger charge is 2.14. The zero-order chi connectivity index (χ0) is 13.1. The first kappa shape index (κ1) is 13.6. The van der Waals surface area contributed by atoms with Gasteiger partial charge in [-0.25, -0.2) is 4.39 Å². The van der Waals surface area contributed by atoms with Crippen molar-refractivity contribution in [1.82, 2.24) is 15.5 Å². The largest absolute Gasteiger partial charge is 0.308 e. The van der Waals surface area contributed by atoms with Crippen molar-refractivity contribution in [3.8, 4) is 10.6 Å². The monoisotopic (exact) mass is 329 g/mol.